The van der Waals surface area contributed by atoms with Gasteiger partial charge in [0, 0.05) is 32.3 Å². The highest BCUT2D eigenvalue weighted by molar-refractivity contribution is 6.16. The van der Waals surface area contributed by atoms with E-state index in [2.05, 4.69) is 139 Å². The third-order valence-corrected chi connectivity index (χ3v) is 10.9. The number of hydrogen-bond acceptors (Lipinski definition) is 3. The van der Waals surface area contributed by atoms with Crippen molar-refractivity contribution < 1.29 is 8.83 Å². The van der Waals surface area contributed by atoms with Crippen molar-refractivity contribution in [2.45, 2.75) is 6.92 Å². The Bertz CT molecular complexity index is 3350. The fraction of sp³-hybridized carbons (Fsp3) is 0.0200. The van der Waals surface area contributed by atoms with Crippen molar-refractivity contribution >= 4 is 65.5 Å². The van der Waals surface area contributed by atoms with E-state index >= 15 is 0 Å². The highest BCUT2D eigenvalue weighted by Gasteiger charge is 2.20. The van der Waals surface area contributed by atoms with Gasteiger partial charge in [-0.05, 0) is 94.9 Å². The zero-order valence-electron chi connectivity index (χ0n) is 29.3. The van der Waals surface area contributed by atoms with E-state index in [-0.39, 0.29) is 5.63 Å². The van der Waals surface area contributed by atoms with Gasteiger partial charge in [0.2, 0.25) is 0 Å². The number of benzene rings is 8. The SMILES string of the molecule is Cc1ccc(-c2cc(-c3ccccc3)c3c(c2)c(=O)oc2ccc(-c4ccc5c(c4)c4ccccc4n5-c4cccc5c4oc4ccccc45)cc23)cc1. The van der Waals surface area contributed by atoms with Gasteiger partial charge in [-0.3, -0.25) is 0 Å². The summed E-state index contributed by atoms with van der Waals surface area (Å²) in [5.74, 6) is 0. The van der Waals surface area contributed by atoms with Crippen molar-refractivity contribution in [3.8, 4) is 39.1 Å². The summed E-state index contributed by atoms with van der Waals surface area (Å²) >= 11 is 0. The van der Waals surface area contributed by atoms with E-state index in [1.165, 1.54) is 5.56 Å². The fourth-order valence-corrected chi connectivity index (χ4v) is 8.32. The Kier molecular flexibility index (Phi) is 6.58. The summed E-state index contributed by atoms with van der Waals surface area (Å²) in [5, 5.41) is 6.87. The number of furan rings is 1. The third-order valence-electron chi connectivity index (χ3n) is 10.9. The molecule has 0 fully saturated rings. The Morgan fingerprint density at radius 1 is 0.426 bits per heavy atom. The average Bonchev–Trinajstić information content (AvgIpc) is 3.77. The molecule has 0 N–H and O–H groups in total. The zero-order valence-corrected chi connectivity index (χ0v) is 29.3. The molecule has 0 saturated heterocycles. The van der Waals surface area contributed by atoms with Gasteiger partial charge in [0.05, 0.1) is 22.1 Å². The predicted molar refractivity (Wildman–Crippen MR) is 223 cm³/mol. The lowest BCUT2D eigenvalue weighted by atomic mass is 9.91. The fourth-order valence-electron chi connectivity index (χ4n) is 8.32. The minimum Gasteiger partial charge on any atom is -0.454 e. The Morgan fingerprint density at radius 3 is 1.93 bits per heavy atom. The quantitative estimate of drug-likeness (QED) is 0.136. The first-order valence-corrected chi connectivity index (χ1v) is 18.2. The van der Waals surface area contributed by atoms with E-state index in [4.69, 9.17) is 8.83 Å². The molecule has 0 atom stereocenters. The van der Waals surface area contributed by atoms with Crippen molar-refractivity contribution in [3.05, 3.63) is 186 Å². The summed E-state index contributed by atoms with van der Waals surface area (Å²) in [6.45, 7) is 2.08. The molecule has 0 radical (unpaired) electrons. The predicted octanol–water partition coefficient (Wildman–Crippen LogP) is 13.3. The Hall–Kier alpha value is -7.17. The van der Waals surface area contributed by atoms with Crippen molar-refractivity contribution in [2.75, 3.05) is 0 Å². The van der Waals surface area contributed by atoms with E-state index < -0.39 is 0 Å². The van der Waals surface area contributed by atoms with Gasteiger partial charge in [-0.2, -0.15) is 0 Å². The molecular weight excluding hydrogens is 663 g/mol. The Morgan fingerprint density at radius 2 is 1.07 bits per heavy atom. The first-order chi connectivity index (χ1) is 26.6. The zero-order chi connectivity index (χ0) is 35.9. The normalized spacial score (nSPS) is 11.9. The van der Waals surface area contributed by atoms with E-state index in [9.17, 15) is 4.79 Å². The van der Waals surface area contributed by atoms with E-state index in [0.717, 1.165) is 93.6 Å². The number of nitrogens with zero attached hydrogens (tertiary/aromatic N) is 1. The van der Waals surface area contributed by atoms with Crippen LogP contribution in [0.2, 0.25) is 0 Å². The van der Waals surface area contributed by atoms with Crippen LogP contribution in [-0.2, 0) is 0 Å². The monoisotopic (exact) mass is 693 g/mol. The standard InChI is InChI=1S/C50H31NO3/c1-30-18-20-31(21-19-30)35-28-39(32-10-3-2-4-11-32)48-41-27-34(23-25-47(41)54-50(52)42(48)29-35)33-22-24-44-40(26-33)36-12-5-7-15-43(36)51(44)45-16-9-14-38-37-13-6-8-17-46(37)53-49(38)45/h2-29H,1H3. The molecule has 4 heteroatoms. The van der Waals surface area contributed by atoms with Crippen LogP contribution in [0.5, 0.6) is 0 Å². The summed E-state index contributed by atoms with van der Waals surface area (Å²) in [6, 6.07) is 58.9. The van der Waals surface area contributed by atoms with Crippen LogP contribution in [0.4, 0.5) is 0 Å². The van der Waals surface area contributed by atoms with Gasteiger partial charge >= 0.3 is 5.63 Å². The number of aromatic nitrogens is 1. The molecule has 3 aromatic heterocycles. The van der Waals surface area contributed by atoms with Gasteiger partial charge < -0.3 is 13.4 Å². The van der Waals surface area contributed by atoms with Crippen LogP contribution in [0, 0.1) is 6.92 Å². The second-order valence-electron chi connectivity index (χ2n) is 14.1. The molecule has 0 aliphatic heterocycles. The van der Waals surface area contributed by atoms with Gasteiger partial charge in [0.15, 0.2) is 5.58 Å². The maximum atomic E-state index is 13.7. The topological polar surface area (TPSA) is 48.3 Å². The molecule has 0 aliphatic carbocycles. The largest absolute Gasteiger partial charge is 0.454 e. The van der Waals surface area contributed by atoms with E-state index in [1.807, 2.05) is 42.5 Å². The molecule has 0 amide bonds. The molecule has 0 aliphatic rings. The van der Waals surface area contributed by atoms with Crippen molar-refractivity contribution in [2.24, 2.45) is 0 Å². The average molecular weight is 694 g/mol. The molecule has 54 heavy (non-hydrogen) atoms. The van der Waals surface area contributed by atoms with Gasteiger partial charge in [-0.15, -0.1) is 0 Å². The molecule has 8 aromatic carbocycles. The molecule has 0 spiro atoms. The Balaban J connectivity index is 1.14. The summed E-state index contributed by atoms with van der Waals surface area (Å²) in [6.07, 6.45) is 0. The van der Waals surface area contributed by atoms with Crippen molar-refractivity contribution in [3.63, 3.8) is 0 Å². The highest BCUT2D eigenvalue weighted by Crippen LogP contribution is 2.41. The molecule has 0 unspecified atom stereocenters. The van der Waals surface area contributed by atoms with Crippen molar-refractivity contribution in [1.29, 1.82) is 0 Å². The number of hydrogen-bond donors (Lipinski definition) is 0. The van der Waals surface area contributed by atoms with Gasteiger partial charge in [0.25, 0.3) is 0 Å². The van der Waals surface area contributed by atoms with Crippen LogP contribution in [0.15, 0.2) is 183 Å². The maximum Gasteiger partial charge on any atom is 0.344 e. The molecule has 0 bridgehead atoms. The molecule has 4 nitrogen and oxygen atoms in total. The smallest absolute Gasteiger partial charge is 0.344 e. The first kappa shape index (κ1) is 30.5. The van der Waals surface area contributed by atoms with Crippen LogP contribution in [-0.4, -0.2) is 4.57 Å². The lowest BCUT2D eigenvalue weighted by Gasteiger charge is -2.14. The summed E-state index contributed by atoms with van der Waals surface area (Å²) in [4.78, 5) is 13.7. The van der Waals surface area contributed by atoms with Crippen LogP contribution in [0.3, 0.4) is 0 Å². The highest BCUT2D eigenvalue weighted by atomic mass is 16.4. The van der Waals surface area contributed by atoms with Gasteiger partial charge in [0.1, 0.15) is 11.2 Å². The van der Waals surface area contributed by atoms with Crippen LogP contribution >= 0.6 is 0 Å². The molecule has 0 saturated carbocycles. The Labute approximate surface area is 309 Å². The second kappa shape index (κ2) is 11.7. The number of fused-ring (bicyclic) bond motifs is 9. The number of rotatable bonds is 4. The van der Waals surface area contributed by atoms with Crippen LogP contribution < -0.4 is 5.63 Å². The molecule has 3 heterocycles. The lowest BCUT2D eigenvalue weighted by molar-refractivity contribution is 0.570. The molecule has 254 valence electrons. The van der Waals surface area contributed by atoms with Crippen molar-refractivity contribution in [1.82, 2.24) is 4.57 Å². The first-order valence-electron chi connectivity index (χ1n) is 18.2. The summed E-state index contributed by atoms with van der Waals surface area (Å²) in [7, 11) is 0. The molecule has 11 aromatic rings. The van der Waals surface area contributed by atoms with Crippen LogP contribution in [0.1, 0.15) is 5.56 Å². The van der Waals surface area contributed by atoms with Gasteiger partial charge in [-0.1, -0.05) is 121 Å². The summed E-state index contributed by atoms with van der Waals surface area (Å²) < 4.78 is 14.9. The van der Waals surface area contributed by atoms with Crippen LogP contribution in [0.25, 0.3) is 105 Å². The lowest BCUT2D eigenvalue weighted by Crippen LogP contribution is -2.02. The van der Waals surface area contributed by atoms with E-state index in [1.54, 1.807) is 0 Å². The summed E-state index contributed by atoms with van der Waals surface area (Å²) in [5.41, 5.74) is 12.6. The third kappa shape index (κ3) is 4.60. The number of aryl methyl sites for hydroxylation is 1. The second-order valence-corrected chi connectivity index (χ2v) is 14.1. The van der Waals surface area contributed by atoms with Gasteiger partial charge in [-0.25, -0.2) is 4.79 Å². The minimum absolute atomic E-state index is 0.343. The molecular formula is C50H31NO3. The maximum absolute atomic E-state index is 13.7. The van der Waals surface area contributed by atoms with E-state index in [0.29, 0.717) is 11.0 Å². The minimum atomic E-state index is -0.343. The molecule has 11 rings (SSSR count). The number of para-hydroxylation sites is 3.